The van der Waals surface area contributed by atoms with Gasteiger partial charge in [0.15, 0.2) is 15.8 Å². The fraction of sp³-hybridized carbons (Fsp3) is 0.933. The standard InChI is InChI=1S/C15H29N3O2S.HI/c1-3-16-15(18-14-6-4-12(2)5-7-14)17-10-13-8-9-21(19,20)11-13;/h12-14H,3-11H2,1-2H3,(H2,16,17,18);1H. The van der Waals surface area contributed by atoms with Crippen LogP contribution in [0.25, 0.3) is 0 Å². The third kappa shape index (κ3) is 6.60. The zero-order valence-corrected chi connectivity index (χ0v) is 16.8. The van der Waals surface area contributed by atoms with Gasteiger partial charge in [-0.15, -0.1) is 24.0 Å². The largest absolute Gasteiger partial charge is 0.357 e. The number of sulfone groups is 1. The SMILES string of the molecule is CCNC(=NCC1CCS(=O)(=O)C1)NC1CCC(C)CC1.I. The van der Waals surface area contributed by atoms with E-state index >= 15 is 0 Å². The number of nitrogens with zero attached hydrogens (tertiary/aromatic N) is 1. The first-order chi connectivity index (χ1) is 9.98. The topological polar surface area (TPSA) is 70.6 Å². The van der Waals surface area contributed by atoms with Gasteiger partial charge in [-0.25, -0.2) is 8.42 Å². The van der Waals surface area contributed by atoms with Crippen LogP contribution < -0.4 is 10.6 Å². The van der Waals surface area contributed by atoms with E-state index < -0.39 is 9.84 Å². The Morgan fingerprint density at radius 1 is 1.18 bits per heavy atom. The van der Waals surface area contributed by atoms with E-state index in [0.29, 0.717) is 24.1 Å². The molecular weight excluding hydrogens is 413 g/mol. The molecule has 1 aliphatic carbocycles. The third-order valence-electron chi connectivity index (χ3n) is 4.54. The maximum atomic E-state index is 11.5. The van der Waals surface area contributed by atoms with Crippen molar-refractivity contribution in [2.45, 2.75) is 52.0 Å². The van der Waals surface area contributed by atoms with E-state index in [0.717, 1.165) is 24.8 Å². The van der Waals surface area contributed by atoms with Crippen molar-refractivity contribution in [1.29, 1.82) is 0 Å². The molecule has 0 bridgehead atoms. The molecule has 1 heterocycles. The van der Waals surface area contributed by atoms with Gasteiger partial charge >= 0.3 is 0 Å². The zero-order chi connectivity index (χ0) is 15.3. The highest BCUT2D eigenvalue weighted by atomic mass is 127. The summed E-state index contributed by atoms with van der Waals surface area (Å²) in [5, 5.41) is 6.79. The minimum Gasteiger partial charge on any atom is -0.357 e. The van der Waals surface area contributed by atoms with E-state index in [2.05, 4.69) is 29.5 Å². The highest BCUT2D eigenvalue weighted by Crippen LogP contribution is 2.23. The smallest absolute Gasteiger partial charge is 0.191 e. The quantitative estimate of drug-likeness (QED) is 0.397. The van der Waals surface area contributed by atoms with Crippen molar-refractivity contribution in [3.05, 3.63) is 0 Å². The Balaban J connectivity index is 0.00000242. The van der Waals surface area contributed by atoms with Crippen molar-refractivity contribution in [2.75, 3.05) is 24.6 Å². The van der Waals surface area contributed by atoms with Crippen LogP contribution in [-0.4, -0.2) is 45.0 Å². The van der Waals surface area contributed by atoms with Crippen molar-refractivity contribution in [3.63, 3.8) is 0 Å². The number of rotatable bonds is 4. The number of halogens is 1. The molecule has 2 N–H and O–H groups in total. The average molecular weight is 443 g/mol. The first-order valence-electron chi connectivity index (χ1n) is 8.23. The van der Waals surface area contributed by atoms with Gasteiger partial charge in [0.1, 0.15) is 0 Å². The van der Waals surface area contributed by atoms with Gasteiger partial charge < -0.3 is 10.6 Å². The van der Waals surface area contributed by atoms with Gasteiger partial charge in [0.05, 0.1) is 11.5 Å². The summed E-state index contributed by atoms with van der Waals surface area (Å²) in [6, 6.07) is 0.506. The Hall–Kier alpha value is -0.0500. The number of nitrogens with one attached hydrogen (secondary N) is 2. The monoisotopic (exact) mass is 443 g/mol. The van der Waals surface area contributed by atoms with Crippen LogP contribution in [0.4, 0.5) is 0 Å². The molecule has 7 heteroatoms. The molecule has 0 aromatic carbocycles. The number of aliphatic imine (C=N–C) groups is 1. The Labute approximate surface area is 152 Å². The molecule has 0 aromatic heterocycles. The van der Waals surface area contributed by atoms with E-state index in [-0.39, 0.29) is 29.9 Å². The van der Waals surface area contributed by atoms with E-state index in [1.807, 2.05) is 0 Å². The van der Waals surface area contributed by atoms with Crippen LogP contribution in [0.15, 0.2) is 4.99 Å². The minimum atomic E-state index is -2.80. The van der Waals surface area contributed by atoms with E-state index in [9.17, 15) is 8.42 Å². The lowest BCUT2D eigenvalue weighted by Crippen LogP contribution is -2.45. The van der Waals surface area contributed by atoms with Crippen LogP contribution in [0.3, 0.4) is 0 Å². The summed E-state index contributed by atoms with van der Waals surface area (Å²) in [6.07, 6.45) is 5.70. The van der Waals surface area contributed by atoms with Crippen molar-refractivity contribution in [2.24, 2.45) is 16.8 Å². The molecule has 130 valence electrons. The Bertz CT molecular complexity index is 459. The zero-order valence-electron chi connectivity index (χ0n) is 13.7. The van der Waals surface area contributed by atoms with Crippen LogP contribution in [-0.2, 0) is 9.84 Å². The summed E-state index contributed by atoms with van der Waals surface area (Å²) >= 11 is 0. The molecular formula is C15H30IN3O2S. The highest BCUT2D eigenvalue weighted by Gasteiger charge is 2.27. The average Bonchev–Trinajstić information content (AvgIpc) is 2.78. The molecule has 0 amide bonds. The Morgan fingerprint density at radius 2 is 1.86 bits per heavy atom. The number of hydrogen-bond acceptors (Lipinski definition) is 3. The lowest BCUT2D eigenvalue weighted by molar-refractivity contribution is 0.329. The Morgan fingerprint density at radius 3 is 2.41 bits per heavy atom. The van der Waals surface area contributed by atoms with E-state index in [4.69, 9.17) is 0 Å². The van der Waals surface area contributed by atoms with Gasteiger partial charge in [0.25, 0.3) is 0 Å². The van der Waals surface area contributed by atoms with E-state index in [1.54, 1.807) is 0 Å². The highest BCUT2D eigenvalue weighted by molar-refractivity contribution is 14.0. The van der Waals surface area contributed by atoms with Gasteiger partial charge in [-0.3, -0.25) is 4.99 Å². The summed E-state index contributed by atoms with van der Waals surface area (Å²) < 4.78 is 23.0. The first kappa shape index (κ1) is 20.0. The molecule has 0 spiro atoms. The fourth-order valence-electron chi connectivity index (χ4n) is 3.15. The molecule has 1 atom stereocenters. The molecule has 1 aliphatic heterocycles. The van der Waals surface area contributed by atoms with Gasteiger partial charge in [-0.1, -0.05) is 6.92 Å². The summed E-state index contributed by atoms with van der Waals surface area (Å²) in [5.74, 6) is 2.51. The molecule has 22 heavy (non-hydrogen) atoms. The second kappa shape index (κ2) is 9.30. The number of hydrogen-bond donors (Lipinski definition) is 2. The van der Waals surface area contributed by atoms with Crippen molar-refractivity contribution in [1.82, 2.24) is 10.6 Å². The first-order valence-corrected chi connectivity index (χ1v) is 10.1. The molecule has 2 fully saturated rings. The predicted octanol–water partition coefficient (Wildman–Crippen LogP) is 2.17. The molecule has 5 nitrogen and oxygen atoms in total. The van der Waals surface area contributed by atoms with Crippen molar-refractivity contribution >= 4 is 39.8 Å². The van der Waals surface area contributed by atoms with Gasteiger partial charge in [-0.2, -0.15) is 0 Å². The molecule has 2 aliphatic rings. The summed E-state index contributed by atoms with van der Waals surface area (Å²) in [4.78, 5) is 4.60. The molecule has 0 aromatic rings. The van der Waals surface area contributed by atoms with Crippen molar-refractivity contribution < 1.29 is 8.42 Å². The molecule has 1 unspecified atom stereocenters. The van der Waals surface area contributed by atoms with Crippen LogP contribution in [0, 0.1) is 11.8 Å². The van der Waals surface area contributed by atoms with Crippen LogP contribution >= 0.6 is 24.0 Å². The fourth-order valence-corrected chi connectivity index (χ4v) is 5.00. The lowest BCUT2D eigenvalue weighted by Gasteiger charge is -2.28. The molecule has 1 saturated carbocycles. The molecule has 1 saturated heterocycles. The summed E-state index contributed by atoms with van der Waals surface area (Å²) in [7, 11) is -2.80. The normalized spacial score (nSPS) is 31.4. The van der Waals surface area contributed by atoms with E-state index in [1.165, 1.54) is 25.7 Å². The van der Waals surface area contributed by atoms with Gasteiger partial charge in [0.2, 0.25) is 0 Å². The van der Waals surface area contributed by atoms with Crippen LogP contribution in [0.1, 0.15) is 46.0 Å². The van der Waals surface area contributed by atoms with Gasteiger partial charge in [-0.05, 0) is 50.9 Å². The number of guanidine groups is 1. The predicted molar refractivity (Wildman–Crippen MR) is 103 cm³/mol. The second-order valence-electron chi connectivity index (χ2n) is 6.59. The summed E-state index contributed by atoms with van der Waals surface area (Å²) in [5.41, 5.74) is 0. The lowest BCUT2D eigenvalue weighted by atomic mass is 9.87. The van der Waals surface area contributed by atoms with Crippen molar-refractivity contribution in [3.8, 4) is 0 Å². The maximum Gasteiger partial charge on any atom is 0.191 e. The van der Waals surface area contributed by atoms with Crippen LogP contribution in [0.2, 0.25) is 0 Å². The Kier molecular flexibility index (Phi) is 8.45. The third-order valence-corrected chi connectivity index (χ3v) is 6.37. The molecule has 0 radical (unpaired) electrons. The van der Waals surface area contributed by atoms with Gasteiger partial charge in [0, 0.05) is 19.1 Å². The minimum absolute atomic E-state index is 0. The van der Waals surface area contributed by atoms with Crippen LogP contribution in [0.5, 0.6) is 0 Å². The summed E-state index contributed by atoms with van der Waals surface area (Å²) in [6.45, 7) is 5.81. The second-order valence-corrected chi connectivity index (χ2v) is 8.82. The maximum absolute atomic E-state index is 11.5. The molecule has 2 rings (SSSR count).